The number of nitrogens with one attached hydrogen (secondary N) is 1. The summed E-state index contributed by atoms with van der Waals surface area (Å²) in [6, 6.07) is -0.168. The van der Waals surface area contributed by atoms with Crippen LogP contribution in [-0.2, 0) is 9.59 Å². The third kappa shape index (κ3) is 6.04. The van der Waals surface area contributed by atoms with Crippen LogP contribution in [0.1, 0.15) is 20.3 Å². The molecule has 0 heterocycles. The molecule has 2 N–H and O–H groups in total. The van der Waals surface area contributed by atoms with Crippen LogP contribution < -0.4 is 5.32 Å². The van der Waals surface area contributed by atoms with Gasteiger partial charge >= 0.3 is 5.97 Å². The minimum absolute atomic E-state index is 0.0241. The maximum Gasteiger partial charge on any atom is 0.304 e. The fraction of sp³-hybridized carbons (Fsp3) is 0.636. The lowest BCUT2D eigenvalue weighted by Crippen LogP contribution is -2.42. The third-order valence-electron chi connectivity index (χ3n) is 2.23. The first-order chi connectivity index (χ1) is 7.51. The standard InChI is InChI=1S/C11H18N2O3/c1-4-6-12-10(14)8-13(5-2)9(3)7-11(15)16/h1,9H,5-8H2,2-3H3,(H,12,14)(H,15,16). The minimum Gasteiger partial charge on any atom is -0.481 e. The molecule has 0 aliphatic carbocycles. The highest BCUT2D eigenvalue weighted by Crippen LogP contribution is 2.02. The Balaban J connectivity index is 4.13. The largest absolute Gasteiger partial charge is 0.481 e. The predicted molar refractivity (Wildman–Crippen MR) is 60.8 cm³/mol. The Morgan fingerprint density at radius 1 is 1.56 bits per heavy atom. The normalized spacial score (nSPS) is 11.9. The Morgan fingerprint density at radius 2 is 2.19 bits per heavy atom. The predicted octanol–water partition coefficient (Wildman–Crippen LogP) is -0.0791. The van der Waals surface area contributed by atoms with Crippen molar-refractivity contribution in [3.63, 3.8) is 0 Å². The lowest BCUT2D eigenvalue weighted by atomic mass is 10.2. The number of rotatable bonds is 7. The molecule has 0 fully saturated rings. The van der Waals surface area contributed by atoms with E-state index in [-0.39, 0.29) is 31.5 Å². The van der Waals surface area contributed by atoms with Gasteiger partial charge in [-0.3, -0.25) is 14.5 Å². The topological polar surface area (TPSA) is 69.6 Å². The number of aliphatic carboxylic acids is 1. The van der Waals surface area contributed by atoms with Gasteiger partial charge < -0.3 is 10.4 Å². The number of nitrogens with zero attached hydrogens (tertiary/aromatic N) is 1. The van der Waals surface area contributed by atoms with Crippen molar-refractivity contribution >= 4 is 11.9 Å². The number of carbonyl (C=O) groups is 2. The minimum atomic E-state index is -0.866. The average Bonchev–Trinajstić information content (AvgIpc) is 2.21. The lowest BCUT2D eigenvalue weighted by Gasteiger charge is -2.25. The fourth-order valence-electron chi connectivity index (χ4n) is 1.35. The maximum atomic E-state index is 11.4. The van der Waals surface area contributed by atoms with E-state index in [2.05, 4.69) is 11.2 Å². The van der Waals surface area contributed by atoms with Gasteiger partial charge in [0.25, 0.3) is 0 Å². The quantitative estimate of drug-likeness (QED) is 0.596. The number of terminal acetylenes is 1. The molecule has 0 saturated carbocycles. The first-order valence-corrected chi connectivity index (χ1v) is 5.17. The summed E-state index contributed by atoms with van der Waals surface area (Å²) >= 11 is 0. The zero-order chi connectivity index (χ0) is 12.6. The van der Waals surface area contributed by atoms with E-state index in [1.54, 1.807) is 11.8 Å². The van der Waals surface area contributed by atoms with E-state index < -0.39 is 5.97 Å². The molecule has 0 aromatic carbocycles. The number of carboxylic acid groups (broad SMARTS) is 1. The van der Waals surface area contributed by atoms with Crippen LogP contribution in [0.15, 0.2) is 0 Å². The Hall–Kier alpha value is -1.54. The zero-order valence-electron chi connectivity index (χ0n) is 9.69. The Labute approximate surface area is 95.8 Å². The highest BCUT2D eigenvalue weighted by molar-refractivity contribution is 5.78. The highest BCUT2D eigenvalue weighted by atomic mass is 16.4. The van der Waals surface area contributed by atoms with Crippen LogP contribution in [0, 0.1) is 12.3 Å². The van der Waals surface area contributed by atoms with Gasteiger partial charge in [0.2, 0.25) is 5.91 Å². The van der Waals surface area contributed by atoms with Crippen LogP contribution in [-0.4, -0.2) is 47.6 Å². The van der Waals surface area contributed by atoms with Gasteiger partial charge in [0, 0.05) is 6.04 Å². The van der Waals surface area contributed by atoms with Crippen molar-refractivity contribution < 1.29 is 14.7 Å². The molecule has 1 unspecified atom stereocenters. The van der Waals surface area contributed by atoms with Crippen LogP contribution in [0.4, 0.5) is 0 Å². The fourth-order valence-corrected chi connectivity index (χ4v) is 1.35. The summed E-state index contributed by atoms with van der Waals surface area (Å²) in [7, 11) is 0. The number of carbonyl (C=O) groups excluding carboxylic acids is 1. The first-order valence-electron chi connectivity index (χ1n) is 5.17. The van der Waals surface area contributed by atoms with Crippen molar-refractivity contribution in [1.82, 2.24) is 10.2 Å². The monoisotopic (exact) mass is 226 g/mol. The number of hydrogen-bond acceptors (Lipinski definition) is 3. The molecule has 16 heavy (non-hydrogen) atoms. The molecule has 1 amide bonds. The maximum absolute atomic E-state index is 11.4. The molecule has 0 aliphatic rings. The van der Waals surface area contributed by atoms with E-state index in [0.29, 0.717) is 6.54 Å². The second kappa shape index (κ2) is 7.71. The summed E-state index contributed by atoms with van der Waals surface area (Å²) in [6.45, 7) is 4.66. The highest BCUT2D eigenvalue weighted by Gasteiger charge is 2.17. The molecule has 0 rings (SSSR count). The second-order valence-corrected chi connectivity index (χ2v) is 3.49. The molecule has 0 aromatic heterocycles. The van der Waals surface area contributed by atoms with Crippen LogP contribution in [0.3, 0.4) is 0 Å². The van der Waals surface area contributed by atoms with Crippen molar-refractivity contribution in [2.45, 2.75) is 26.3 Å². The van der Waals surface area contributed by atoms with E-state index in [0.717, 1.165) is 0 Å². The number of likely N-dealkylation sites (N-methyl/N-ethyl adjacent to an activating group) is 1. The van der Waals surface area contributed by atoms with Crippen molar-refractivity contribution in [2.75, 3.05) is 19.6 Å². The van der Waals surface area contributed by atoms with Crippen LogP contribution in [0.25, 0.3) is 0 Å². The van der Waals surface area contributed by atoms with Crippen molar-refractivity contribution in [1.29, 1.82) is 0 Å². The molecular weight excluding hydrogens is 208 g/mol. The van der Waals surface area contributed by atoms with Crippen LogP contribution in [0.5, 0.6) is 0 Å². The Kier molecular flexibility index (Phi) is 6.97. The van der Waals surface area contributed by atoms with E-state index in [9.17, 15) is 9.59 Å². The summed E-state index contributed by atoms with van der Waals surface area (Å²) in [5, 5.41) is 11.2. The van der Waals surface area contributed by atoms with Gasteiger partial charge in [-0.25, -0.2) is 0 Å². The number of carboxylic acids is 1. The Bertz CT molecular complexity index is 283. The number of hydrogen-bond donors (Lipinski definition) is 2. The molecule has 0 bridgehead atoms. The molecule has 5 nitrogen and oxygen atoms in total. The molecular formula is C11H18N2O3. The van der Waals surface area contributed by atoms with Gasteiger partial charge in [-0.1, -0.05) is 12.8 Å². The summed E-state index contributed by atoms with van der Waals surface area (Å²) in [5.41, 5.74) is 0. The molecule has 5 heteroatoms. The van der Waals surface area contributed by atoms with Crippen LogP contribution >= 0.6 is 0 Å². The average molecular weight is 226 g/mol. The molecule has 1 atom stereocenters. The summed E-state index contributed by atoms with van der Waals surface area (Å²) < 4.78 is 0. The molecule has 0 radical (unpaired) electrons. The molecule has 0 spiro atoms. The van der Waals surface area contributed by atoms with Gasteiger partial charge in [-0.15, -0.1) is 6.42 Å². The van der Waals surface area contributed by atoms with Crippen molar-refractivity contribution in [3.05, 3.63) is 0 Å². The van der Waals surface area contributed by atoms with E-state index >= 15 is 0 Å². The summed E-state index contributed by atoms with van der Waals surface area (Å²) in [6.07, 6.45) is 5.03. The second-order valence-electron chi connectivity index (χ2n) is 3.49. The third-order valence-corrected chi connectivity index (χ3v) is 2.23. The number of amides is 1. The molecule has 0 saturated heterocycles. The zero-order valence-corrected chi connectivity index (χ0v) is 9.69. The van der Waals surface area contributed by atoms with Crippen LogP contribution in [0.2, 0.25) is 0 Å². The van der Waals surface area contributed by atoms with Gasteiger partial charge in [0.05, 0.1) is 19.5 Å². The first kappa shape index (κ1) is 14.5. The molecule has 0 aliphatic heterocycles. The summed E-state index contributed by atoms with van der Waals surface area (Å²) in [5.74, 6) is 1.26. The summed E-state index contributed by atoms with van der Waals surface area (Å²) in [4.78, 5) is 23.7. The van der Waals surface area contributed by atoms with Crippen molar-refractivity contribution in [2.24, 2.45) is 0 Å². The SMILES string of the molecule is C#CCNC(=O)CN(CC)C(C)CC(=O)O. The van der Waals surface area contributed by atoms with E-state index in [4.69, 9.17) is 11.5 Å². The van der Waals surface area contributed by atoms with Gasteiger partial charge in [0.1, 0.15) is 0 Å². The van der Waals surface area contributed by atoms with Gasteiger partial charge in [-0.05, 0) is 13.5 Å². The van der Waals surface area contributed by atoms with Gasteiger partial charge in [-0.2, -0.15) is 0 Å². The van der Waals surface area contributed by atoms with E-state index in [1.165, 1.54) is 0 Å². The Morgan fingerprint density at radius 3 is 2.62 bits per heavy atom. The van der Waals surface area contributed by atoms with Gasteiger partial charge in [0.15, 0.2) is 0 Å². The van der Waals surface area contributed by atoms with E-state index in [1.807, 2.05) is 6.92 Å². The molecule has 0 aromatic rings. The molecule has 90 valence electrons. The lowest BCUT2D eigenvalue weighted by molar-refractivity contribution is -0.138. The van der Waals surface area contributed by atoms with Crippen molar-refractivity contribution in [3.8, 4) is 12.3 Å². The smallest absolute Gasteiger partial charge is 0.304 e.